The van der Waals surface area contributed by atoms with Crippen molar-refractivity contribution in [2.24, 2.45) is 0 Å². The predicted octanol–water partition coefficient (Wildman–Crippen LogP) is 4.00. The molecule has 1 aliphatic rings. The summed E-state index contributed by atoms with van der Waals surface area (Å²) in [5, 5.41) is 6.23. The Morgan fingerprint density at radius 1 is 0.865 bits per heavy atom. The molecular formula is C30H35N3O4. The van der Waals surface area contributed by atoms with Crippen LogP contribution in [0.5, 0.6) is 11.5 Å². The van der Waals surface area contributed by atoms with E-state index in [0.717, 1.165) is 42.7 Å². The van der Waals surface area contributed by atoms with Crippen LogP contribution in [0.1, 0.15) is 34.3 Å². The number of benzene rings is 3. The lowest BCUT2D eigenvalue weighted by Gasteiger charge is -2.35. The number of para-hydroxylation sites is 1. The van der Waals surface area contributed by atoms with Gasteiger partial charge in [0.1, 0.15) is 0 Å². The number of piperidine rings is 1. The molecule has 1 fully saturated rings. The van der Waals surface area contributed by atoms with Crippen LogP contribution in [0.3, 0.4) is 0 Å². The summed E-state index contributed by atoms with van der Waals surface area (Å²) < 4.78 is 10.7. The summed E-state index contributed by atoms with van der Waals surface area (Å²) in [5.74, 6) is 1.33. The molecule has 0 aromatic heterocycles. The van der Waals surface area contributed by atoms with E-state index in [9.17, 15) is 9.59 Å². The Bertz CT molecular complexity index is 1190. The van der Waals surface area contributed by atoms with Crippen molar-refractivity contribution >= 4 is 17.5 Å². The lowest BCUT2D eigenvalue weighted by Crippen LogP contribution is -2.45. The minimum Gasteiger partial charge on any atom is -0.493 e. The van der Waals surface area contributed by atoms with Gasteiger partial charge in [-0.1, -0.05) is 48.5 Å². The Hall–Kier alpha value is -4.00. The van der Waals surface area contributed by atoms with Crippen LogP contribution in [0.4, 0.5) is 5.69 Å². The van der Waals surface area contributed by atoms with Gasteiger partial charge in [0.05, 0.1) is 26.2 Å². The van der Waals surface area contributed by atoms with E-state index in [-0.39, 0.29) is 17.9 Å². The normalized spacial score (nSPS) is 13.6. The zero-order chi connectivity index (χ0) is 26.0. The Balaban J connectivity index is 1.29. The highest BCUT2D eigenvalue weighted by Crippen LogP contribution is 2.28. The fraction of sp³-hybridized carbons (Fsp3) is 0.333. The number of carbonyl (C=O) groups is 2. The quantitative estimate of drug-likeness (QED) is 0.439. The van der Waals surface area contributed by atoms with Gasteiger partial charge in [0, 0.05) is 31.4 Å². The molecule has 1 heterocycles. The summed E-state index contributed by atoms with van der Waals surface area (Å²) in [6, 6.07) is 23.4. The Labute approximate surface area is 218 Å². The monoisotopic (exact) mass is 501 g/mol. The molecule has 4 rings (SSSR count). The Morgan fingerprint density at radius 2 is 1.57 bits per heavy atom. The van der Waals surface area contributed by atoms with E-state index in [1.807, 2.05) is 72.8 Å². The number of carbonyl (C=O) groups excluding carboxylic acids is 2. The average Bonchev–Trinajstić information content (AvgIpc) is 2.93. The summed E-state index contributed by atoms with van der Waals surface area (Å²) in [4.78, 5) is 27.8. The first-order valence-electron chi connectivity index (χ1n) is 12.7. The van der Waals surface area contributed by atoms with Crippen molar-refractivity contribution in [2.45, 2.75) is 31.7 Å². The standard InChI is InChI=1S/C30H35N3O4/c1-36-27-13-12-23(20-28(27)37-2)14-17-31-30(35)25-10-6-7-11-26(25)33-18-15-24(16-19-33)32-29(34)21-22-8-4-3-5-9-22/h3-13,20,24H,14-19,21H2,1-2H3,(H,31,35)(H,32,34). The third-order valence-electron chi connectivity index (χ3n) is 6.70. The van der Waals surface area contributed by atoms with Crippen molar-refractivity contribution in [1.29, 1.82) is 0 Å². The van der Waals surface area contributed by atoms with Crippen molar-refractivity contribution in [2.75, 3.05) is 38.8 Å². The zero-order valence-corrected chi connectivity index (χ0v) is 21.5. The van der Waals surface area contributed by atoms with E-state index >= 15 is 0 Å². The maximum absolute atomic E-state index is 13.1. The van der Waals surface area contributed by atoms with Crippen molar-refractivity contribution in [3.63, 3.8) is 0 Å². The third-order valence-corrected chi connectivity index (χ3v) is 6.70. The van der Waals surface area contributed by atoms with Crippen LogP contribution in [0.2, 0.25) is 0 Å². The van der Waals surface area contributed by atoms with Crippen molar-refractivity contribution in [1.82, 2.24) is 10.6 Å². The lowest BCUT2D eigenvalue weighted by molar-refractivity contribution is -0.121. The van der Waals surface area contributed by atoms with Gasteiger partial charge in [0.2, 0.25) is 5.91 Å². The highest BCUT2D eigenvalue weighted by Gasteiger charge is 2.23. The van der Waals surface area contributed by atoms with E-state index in [0.29, 0.717) is 36.4 Å². The van der Waals surface area contributed by atoms with Gasteiger partial charge in [-0.3, -0.25) is 9.59 Å². The third kappa shape index (κ3) is 7.03. The predicted molar refractivity (Wildman–Crippen MR) is 146 cm³/mol. The molecule has 1 aliphatic heterocycles. The number of methoxy groups -OCH3 is 2. The molecule has 0 atom stereocenters. The van der Waals surface area contributed by atoms with Crippen LogP contribution < -0.4 is 25.0 Å². The Morgan fingerprint density at radius 3 is 2.30 bits per heavy atom. The highest BCUT2D eigenvalue weighted by molar-refractivity contribution is 5.99. The topological polar surface area (TPSA) is 79.9 Å². The molecule has 0 bridgehead atoms. The van der Waals surface area contributed by atoms with Gasteiger partial charge in [-0.15, -0.1) is 0 Å². The summed E-state index contributed by atoms with van der Waals surface area (Å²) in [5.41, 5.74) is 3.67. The lowest BCUT2D eigenvalue weighted by atomic mass is 10.0. The van der Waals surface area contributed by atoms with E-state index in [1.54, 1.807) is 14.2 Å². The summed E-state index contributed by atoms with van der Waals surface area (Å²) in [6.07, 6.45) is 2.77. The smallest absolute Gasteiger partial charge is 0.253 e. The molecule has 3 aromatic carbocycles. The molecule has 7 heteroatoms. The second-order valence-electron chi connectivity index (χ2n) is 9.20. The van der Waals surface area contributed by atoms with Gasteiger partial charge in [-0.05, 0) is 54.7 Å². The van der Waals surface area contributed by atoms with Gasteiger partial charge in [-0.2, -0.15) is 0 Å². The number of nitrogens with one attached hydrogen (secondary N) is 2. The average molecular weight is 502 g/mol. The summed E-state index contributed by atoms with van der Waals surface area (Å²) >= 11 is 0. The van der Waals surface area contributed by atoms with Crippen LogP contribution in [0.15, 0.2) is 72.8 Å². The van der Waals surface area contributed by atoms with Crippen LogP contribution >= 0.6 is 0 Å². The number of rotatable bonds is 10. The minimum atomic E-state index is -0.0886. The first-order chi connectivity index (χ1) is 18.1. The van der Waals surface area contributed by atoms with Gasteiger partial charge < -0.3 is 25.0 Å². The van der Waals surface area contributed by atoms with E-state index in [1.165, 1.54) is 0 Å². The van der Waals surface area contributed by atoms with E-state index < -0.39 is 0 Å². The second-order valence-corrected chi connectivity index (χ2v) is 9.20. The molecule has 0 spiro atoms. The fourth-order valence-electron chi connectivity index (χ4n) is 4.72. The summed E-state index contributed by atoms with van der Waals surface area (Å²) in [6.45, 7) is 2.08. The number of anilines is 1. The molecule has 37 heavy (non-hydrogen) atoms. The molecule has 0 unspecified atom stereocenters. The number of nitrogens with zero attached hydrogens (tertiary/aromatic N) is 1. The minimum absolute atomic E-state index is 0.0545. The second kappa shape index (κ2) is 12.8. The first-order valence-corrected chi connectivity index (χ1v) is 12.7. The number of ether oxygens (including phenoxy) is 2. The molecule has 3 aromatic rings. The van der Waals surface area contributed by atoms with Crippen LogP contribution in [0.25, 0.3) is 0 Å². The molecule has 0 aliphatic carbocycles. The maximum atomic E-state index is 13.1. The molecule has 0 radical (unpaired) electrons. The van der Waals surface area contributed by atoms with Gasteiger partial charge in [0.25, 0.3) is 5.91 Å². The van der Waals surface area contributed by atoms with E-state index in [4.69, 9.17) is 9.47 Å². The van der Waals surface area contributed by atoms with Crippen molar-refractivity contribution in [3.8, 4) is 11.5 Å². The van der Waals surface area contributed by atoms with Gasteiger partial charge >= 0.3 is 0 Å². The molecule has 0 saturated carbocycles. The molecule has 7 nitrogen and oxygen atoms in total. The summed E-state index contributed by atoms with van der Waals surface area (Å²) in [7, 11) is 3.22. The van der Waals surface area contributed by atoms with Crippen molar-refractivity contribution < 1.29 is 19.1 Å². The molecule has 2 amide bonds. The number of hydrogen-bond acceptors (Lipinski definition) is 5. The number of amides is 2. The maximum Gasteiger partial charge on any atom is 0.253 e. The molecular weight excluding hydrogens is 466 g/mol. The van der Waals surface area contributed by atoms with Crippen LogP contribution in [0, 0.1) is 0 Å². The zero-order valence-electron chi connectivity index (χ0n) is 21.5. The highest BCUT2D eigenvalue weighted by atomic mass is 16.5. The Kier molecular flexibility index (Phi) is 9.03. The molecule has 1 saturated heterocycles. The van der Waals surface area contributed by atoms with Gasteiger partial charge in [0.15, 0.2) is 11.5 Å². The largest absolute Gasteiger partial charge is 0.493 e. The van der Waals surface area contributed by atoms with Crippen molar-refractivity contribution in [3.05, 3.63) is 89.5 Å². The fourth-order valence-corrected chi connectivity index (χ4v) is 4.72. The SMILES string of the molecule is COc1ccc(CCNC(=O)c2ccccc2N2CCC(NC(=O)Cc3ccccc3)CC2)cc1OC. The molecule has 194 valence electrons. The van der Waals surface area contributed by atoms with Gasteiger partial charge in [-0.25, -0.2) is 0 Å². The van der Waals surface area contributed by atoms with E-state index in [2.05, 4.69) is 15.5 Å². The van der Waals surface area contributed by atoms with Crippen LogP contribution in [-0.4, -0.2) is 51.7 Å². The molecule has 2 N–H and O–H groups in total. The number of hydrogen-bond donors (Lipinski definition) is 2. The van der Waals surface area contributed by atoms with Crippen LogP contribution in [-0.2, 0) is 17.6 Å². The first kappa shape index (κ1) is 26.1.